The van der Waals surface area contributed by atoms with Crippen LogP contribution in [0.25, 0.3) is 0 Å². The molecule has 2 bridgehead atoms. The molecule has 1 amide bonds. The minimum absolute atomic E-state index is 0.243. The fourth-order valence-electron chi connectivity index (χ4n) is 4.74. The lowest BCUT2D eigenvalue weighted by molar-refractivity contribution is -0.141. The van der Waals surface area contributed by atoms with Crippen molar-refractivity contribution in [2.24, 2.45) is 17.8 Å². The summed E-state index contributed by atoms with van der Waals surface area (Å²) < 4.78 is 45.4. The number of anilines is 1. The summed E-state index contributed by atoms with van der Waals surface area (Å²) in [5.74, 6) is -0.879. The predicted octanol–water partition coefficient (Wildman–Crippen LogP) is 5.16. The number of benzene rings is 1. The van der Waals surface area contributed by atoms with Gasteiger partial charge in [-0.1, -0.05) is 29.3 Å². The zero-order chi connectivity index (χ0) is 20.5. The van der Waals surface area contributed by atoms with Gasteiger partial charge in [0.25, 0.3) is 0 Å². The van der Waals surface area contributed by atoms with Crippen molar-refractivity contribution in [1.29, 1.82) is 0 Å². The highest BCUT2D eigenvalue weighted by molar-refractivity contribution is 6.42. The molecule has 0 radical (unpaired) electrons. The lowest BCUT2D eigenvalue weighted by atomic mass is 9.76. The summed E-state index contributed by atoms with van der Waals surface area (Å²) in [4.78, 5) is 17.0. The molecule has 1 N–H and O–H groups in total. The molecular weight excluding hydrogens is 428 g/mol. The number of amides is 1. The molecule has 6 atom stereocenters. The number of hydrogen-bond donors (Lipinski definition) is 1. The first-order valence-electron chi connectivity index (χ1n) is 9.19. The van der Waals surface area contributed by atoms with Crippen molar-refractivity contribution < 1.29 is 22.7 Å². The number of alkyl halides is 3. The van der Waals surface area contributed by atoms with E-state index < -0.39 is 23.7 Å². The Bertz CT molecular complexity index is 1000. The lowest BCUT2D eigenvalue weighted by Crippen LogP contribution is -2.37. The van der Waals surface area contributed by atoms with Crippen LogP contribution < -0.4 is 5.32 Å². The van der Waals surface area contributed by atoms with Crippen molar-refractivity contribution in [3.8, 4) is 0 Å². The second-order valence-corrected chi connectivity index (χ2v) is 8.56. The molecule has 3 heterocycles. The van der Waals surface area contributed by atoms with Gasteiger partial charge in [0.1, 0.15) is 5.69 Å². The van der Waals surface area contributed by atoms with Gasteiger partial charge in [-0.15, -0.1) is 0 Å². The van der Waals surface area contributed by atoms with Crippen molar-refractivity contribution in [3.63, 3.8) is 0 Å². The number of ether oxygens (including phenoxy) is 1. The van der Waals surface area contributed by atoms with Gasteiger partial charge in [0, 0.05) is 17.3 Å². The van der Waals surface area contributed by atoms with Crippen molar-refractivity contribution >= 4 is 34.8 Å². The maximum atomic E-state index is 13.1. The van der Waals surface area contributed by atoms with Crippen LogP contribution in [0.5, 0.6) is 0 Å². The second kappa shape index (κ2) is 6.59. The lowest BCUT2D eigenvalue weighted by Gasteiger charge is -2.27. The quantitative estimate of drug-likeness (QED) is 0.713. The minimum atomic E-state index is -4.55. The van der Waals surface area contributed by atoms with Gasteiger partial charge in [-0.05, 0) is 48.6 Å². The Hall–Kier alpha value is -1.83. The molecule has 3 aliphatic rings. The summed E-state index contributed by atoms with van der Waals surface area (Å²) >= 11 is 11.9. The molecular formula is C20H15Cl2F3N2O2. The van der Waals surface area contributed by atoms with E-state index in [1.807, 2.05) is 0 Å². The largest absolute Gasteiger partial charge is 0.433 e. The van der Waals surface area contributed by atoms with Crippen LogP contribution in [-0.4, -0.2) is 23.1 Å². The smallest absolute Gasteiger partial charge is 0.373 e. The van der Waals surface area contributed by atoms with E-state index in [1.165, 1.54) is 12.1 Å². The van der Waals surface area contributed by atoms with Gasteiger partial charge in [0.15, 0.2) is 0 Å². The van der Waals surface area contributed by atoms with Crippen molar-refractivity contribution in [2.75, 3.05) is 5.32 Å². The summed E-state index contributed by atoms with van der Waals surface area (Å²) in [5.41, 5.74) is -0.254. The van der Waals surface area contributed by atoms with E-state index >= 15 is 0 Å². The monoisotopic (exact) mass is 442 g/mol. The first-order chi connectivity index (χ1) is 13.7. The van der Waals surface area contributed by atoms with E-state index in [-0.39, 0.29) is 35.6 Å². The van der Waals surface area contributed by atoms with Crippen LogP contribution in [0.15, 0.2) is 36.4 Å². The average Bonchev–Trinajstić information content (AvgIpc) is 3.28. The molecule has 29 heavy (non-hydrogen) atoms. The van der Waals surface area contributed by atoms with Crippen LogP contribution in [-0.2, 0) is 15.7 Å². The number of pyridine rings is 1. The summed E-state index contributed by atoms with van der Waals surface area (Å²) in [7, 11) is 0. The normalized spacial score (nSPS) is 32.2. The summed E-state index contributed by atoms with van der Waals surface area (Å²) in [6, 6.07) is 8.53. The maximum absolute atomic E-state index is 13.1. The molecule has 2 saturated heterocycles. The van der Waals surface area contributed by atoms with E-state index in [4.69, 9.17) is 27.9 Å². The Balaban J connectivity index is 1.46. The zero-order valence-electron chi connectivity index (χ0n) is 14.8. The maximum Gasteiger partial charge on any atom is 0.433 e. The molecule has 1 saturated carbocycles. The number of hydrogen-bond acceptors (Lipinski definition) is 3. The van der Waals surface area contributed by atoms with Crippen molar-refractivity contribution in [1.82, 2.24) is 4.98 Å². The number of carbonyl (C=O) groups excluding carboxylic acids is 1. The standard InChI is InChI=1S/C20H15Cl2F3N2O2/c21-11-5-4-8(6-12(11)22)26-19(28)16-15(17-9-7-10(9)18(16)29-17)13-2-1-3-14(27-13)20(23,24)25/h1-6,9-10,15-18H,7H2,(H,26,28). The number of halogens is 5. The number of carbonyl (C=O) groups is 1. The number of fused-ring (bicyclic) bond motifs is 5. The Labute approximate surface area is 174 Å². The molecule has 0 spiro atoms. The summed E-state index contributed by atoms with van der Waals surface area (Å²) in [6.07, 6.45) is -4.21. The highest BCUT2D eigenvalue weighted by Gasteiger charge is 2.69. The Morgan fingerprint density at radius 1 is 1.10 bits per heavy atom. The minimum Gasteiger partial charge on any atom is -0.373 e. The second-order valence-electron chi connectivity index (χ2n) is 7.74. The van der Waals surface area contributed by atoms with E-state index in [0.717, 1.165) is 12.5 Å². The Morgan fingerprint density at radius 3 is 2.59 bits per heavy atom. The van der Waals surface area contributed by atoms with Crippen LogP contribution in [0.4, 0.5) is 18.9 Å². The molecule has 6 unspecified atom stereocenters. The highest BCUT2D eigenvalue weighted by atomic mass is 35.5. The summed E-state index contributed by atoms with van der Waals surface area (Å²) in [5, 5.41) is 3.47. The van der Waals surface area contributed by atoms with Crippen LogP contribution >= 0.6 is 23.2 Å². The van der Waals surface area contributed by atoms with Gasteiger partial charge in [0.05, 0.1) is 28.2 Å². The van der Waals surface area contributed by atoms with Crippen LogP contribution in [0, 0.1) is 17.8 Å². The number of aromatic nitrogens is 1. The van der Waals surface area contributed by atoms with Gasteiger partial charge >= 0.3 is 6.18 Å². The van der Waals surface area contributed by atoms with Gasteiger partial charge in [-0.2, -0.15) is 13.2 Å². The molecule has 1 aromatic heterocycles. The van der Waals surface area contributed by atoms with E-state index in [0.29, 0.717) is 15.7 Å². The van der Waals surface area contributed by atoms with Gasteiger partial charge in [-0.3, -0.25) is 4.79 Å². The fourth-order valence-corrected chi connectivity index (χ4v) is 5.04. The van der Waals surface area contributed by atoms with Crippen LogP contribution in [0.3, 0.4) is 0 Å². The highest BCUT2D eigenvalue weighted by Crippen LogP contribution is 2.65. The molecule has 9 heteroatoms. The molecule has 4 nitrogen and oxygen atoms in total. The molecule has 3 fully saturated rings. The number of rotatable bonds is 3. The first kappa shape index (κ1) is 19.2. The molecule has 2 aliphatic heterocycles. The Morgan fingerprint density at radius 2 is 1.86 bits per heavy atom. The number of nitrogens with one attached hydrogen (secondary N) is 1. The third kappa shape index (κ3) is 3.20. The first-order valence-corrected chi connectivity index (χ1v) is 9.95. The van der Waals surface area contributed by atoms with Gasteiger partial charge < -0.3 is 10.1 Å². The third-order valence-corrected chi connectivity index (χ3v) is 6.78. The molecule has 2 aromatic rings. The van der Waals surface area contributed by atoms with E-state index in [1.54, 1.807) is 18.2 Å². The number of nitrogens with zero attached hydrogens (tertiary/aromatic N) is 1. The molecule has 1 aliphatic carbocycles. The fraction of sp³-hybridized carbons (Fsp3) is 0.400. The average molecular weight is 443 g/mol. The van der Waals surface area contributed by atoms with Crippen molar-refractivity contribution in [3.05, 3.63) is 57.8 Å². The predicted molar refractivity (Wildman–Crippen MR) is 101 cm³/mol. The van der Waals surface area contributed by atoms with E-state index in [2.05, 4.69) is 10.3 Å². The molecule has 152 valence electrons. The third-order valence-electron chi connectivity index (χ3n) is 6.04. The van der Waals surface area contributed by atoms with Crippen LogP contribution in [0.1, 0.15) is 23.7 Å². The molecule has 1 aromatic carbocycles. The Kier molecular flexibility index (Phi) is 4.35. The summed E-state index contributed by atoms with van der Waals surface area (Å²) in [6.45, 7) is 0. The van der Waals surface area contributed by atoms with Crippen LogP contribution in [0.2, 0.25) is 10.0 Å². The topological polar surface area (TPSA) is 51.2 Å². The van der Waals surface area contributed by atoms with Crippen molar-refractivity contribution in [2.45, 2.75) is 30.7 Å². The van der Waals surface area contributed by atoms with E-state index in [9.17, 15) is 18.0 Å². The molecule has 5 rings (SSSR count). The van der Waals surface area contributed by atoms with Gasteiger partial charge in [0.2, 0.25) is 5.91 Å². The SMILES string of the molecule is O=C(Nc1ccc(Cl)c(Cl)c1)C1C2OC(C3CC32)C1c1cccc(C(F)(F)F)n1. The van der Waals surface area contributed by atoms with Gasteiger partial charge in [-0.25, -0.2) is 4.98 Å². The zero-order valence-corrected chi connectivity index (χ0v) is 16.3.